The Balaban J connectivity index is 1.74. The van der Waals surface area contributed by atoms with Crippen LogP contribution in [-0.4, -0.2) is 44.0 Å². The third-order valence-corrected chi connectivity index (χ3v) is 4.82. The second-order valence-electron chi connectivity index (χ2n) is 5.63. The van der Waals surface area contributed by atoms with Gasteiger partial charge in [0.1, 0.15) is 6.04 Å². The zero-order valence-corrected chi connectivity index (χ0v) is 13.5. The fourth-order valence-electron chi connectivity index (χ4n) is 2.72. The molecule has 1 saturated heterocycles. The summed E-state index contributed by atoms with van der Waals surface area (Å²) in [6, 6.07) is 1.27. The van der Waals surface area contributed by atoms with E-state index < -0.39 is 0 Å². The van der Waals surface area contributed by atoms with Crippen LogP contribution in [-0.2, 0) is 4.79 Å². The van der Waals surface area contributed by atoms with Gasteiger partial charge in [-0.1, -0.05) is 11.3 Å². The molecule has 1 N–H and O–H groups in total. The summed E-state index contributed by atoms with van der Waals surface area (Å²) < 4.78 is 1.24. The van der Waals surface area contributed by atoms with E-state index in [-0.39, 0.29) is 23.6 Å². The number of nitrogens with zero attached hydrogens (tertiary/aromatic N) is 4. The van der Waals surface area contributed by atoms with Gasteiger partial charge in [-0.2, -0.15) is 4.52 Å². The van der Waals surface area contributed by atoms with Crippen LogP contribution in [0.5, 0.6) is 0 Å². The molecule has 0 aromatic carbocycles. The number of carbonyl (C=O) groups is 1. The third-order valence-electron chi connectivity index (χ3n) is 3.97. The molecular formula is C14H19N5O2S. The van der Waals surface area contributed by atoms with Crippen molar-refractivity contribution >= 4 is 27.3 Å². The number of likely N-dealkylation sites (tertiary alicyclic amines) is 1. The molecule has 2 atom stereocenters. The van der Waals surface area contributed by atoms with Gasteiger partial charge in [0.2, 0.25) is 16.0 Å². The minimum atomic E-state index is -0.378. The maximum Gasteiger partial charge on any atom is 0.275 e. The number of hydrogen-bond acceptors (Lipinski definition) is 6. The molecule has 8 heteroatoms. The molecule has 0 aliphatic carbocycles. The topological polar surface area (TPSA) is 79.6 Å². The molecule has 2 aromatic rings. The molecule has 0 saturated carbocycles. The first kappa shape index (κ1) is 15.0. The SMILES string of the molecule is CC(Nc1nn2c(=O)ccnc2s1)C(=O)N1CCCCC1C. The molecule has 0 radical (unpaired) electrons. The fraction of sp³-hybridized carbons (Fsp3) is 0.571. The number of amides is 1. The Morgan fingerprint density at radius 1 is 1.50 bits per heavy atom. The Labute approximate surface area is 132 Å². The second kappa shape index (κ2) is 6.04. The predicted octanol–water partition coefficient (Wildman–Crippen LogP) is 1.35. The number of carbonyl (C=O) groups excluding carboxylic acids is 1. The molecule has 1 aliphatic heterocycles. The summed E-state index contributed by atoms with van der Waals surface area (Å²) in [5.41, 5.74) is -0.224. The molecule has 1 fully saturated rings. The Morgan fingerprint density at radius 3 is 3.05 bits per heavy atom. The van der Waals surface area contributed by atoms with Crippen molar-refractivity contribution < 1.29 is 4.79 Å². The van der Waals surface area contributed by atoms with Gasteiger partial charge in [-0.3, -0.25) is 9.59 Å². The number of rotatable bonds is 3. The fourth-order valence-corrected chi connectivity index (χ4v) is 3.59. The molecule has 0 spiro atoms. The maximum absolute atomic E-state index is 12.6. The number of fused-ring (bicyclic) bond motifs is 1. The van der Waals surface area contributed by atoms with E-state index in [0.717, 1.165) is 19.4 Å². The smallest absolute Gasteiger partial charge is 0.275 e. The largest absolute Gasteiger partial charge is 0.349 e. The van der Waals surface area contributed by atoms with E-state index in [4.69, 9.17) is 0 Å². The Hall–Kier alpha value is -1.96. The van der Waals surface area contributed by atoms with Crippen LogP contribution < -0.4 is 10.9 Å². The van der Waals surface area contributed by atoms with Gasteiger partial charge in [0.15, 0.2) is 0 Å². The zero-order chi connectivity index (χ0) is 15.7. The van der Waals surface area contributed by atoms with Gasteiger partial charge in [-0.15, -0.1) is 5.10 Å². The summed E-state index contributed by atoms with van der Waals surface area (Å²) in [4.78, 5) is 30.8. The van der Waals surface area contributed by atoms with Crippen molar-refractivity contribution in [2.45, 2.75) is 45.2 Å². The molecule has 1 aliphatic rings. The van der Waals surface area contributed by atoms with Gasteiger partial charge >= 0.3 is 0 Å². The van der Waals surface area contributed by atoms with Crippen LogP contribution in [0.1, 0.15) is 33.1 Å². The molecule has 1 amide bonds. The lowest BCUT2D eigenvalue weighted by atomic mass is 10.0. The zero-order valence-electron chi connectivity index (χ0n) is 12.7. The predicted molar refractivity (Wildman–Crippen MR) is 85.2 cm³/mol. The van der Waals surface area contributed by atoms with Crippen LogP contribution in [0.3, 0.4) is 0 Å². The van der Waals surface area contributed by atoms with Crippen molar-refractivity contribution in [2.75, 3.05) is 11.9 Å². The summed E-state index contributed by atoms with van der Waals surface area (Å²) in [5.74, 6) is 0.0757. The quantitative estimate of drug-likeness (QED) is 0.923. The van der Waals surface area contributed by atoms with E-state index in [1.54, 1.807) is 0 Å². The van der Waals surface area contributed by atoms with Gasteiger partial charge in [-0.25, -0.2) is 4.98 Å². The van der Waals surface area contributed by atoms with E-state index >= 15 is 0 Å². The van der Waals surface area contributed by atoms with E-state index in [9.17, 15) is 9.59 Å². The van der Waals surface area contributed by atoms with Crippen molar-refractivity contribution in [3.8, 4) is 0 Å². The van der Waals surface area contributed by atoms with Crippen LogP contribution in [0, 0.1) is 0 Å². The van der Waals surface area contributed by atoms with Crippen molar-refractivity contribution in [3.63, 3.8) is 0 Å². The van der Waals surface area contributed by atoms with Gasteiger partial charge in [-0.05, 0) is 33.1 Å². The lowest BCUT2D eigenvalue weighted by Crippen LogP contribution is -2.48. The molecule has 7 nitrogen and oxygen atoms in total. The van der Waals surface area contributed by atoms with Crippen molar-refractivity contribution in [3.05, 3.63) is 22.6 Å². The lowest BCUT2D eigenvalue weighted by molar-refractivity contribution is -0.134. The summed E-state index contributed by atoms with van der Waals surface area (Å²) in [5, 5.41) is 7.80. The van der Waals surface area contributed by atoms with Crippen LogP contribution in [0.15, 0.2) is 17.1 Å². The van der Waals surface area contributed by atoms with Gasteiger partial charge in [0.25, 0.3) is 5.56 Å². The number of piperidine rings is 1. The van der Waals surface area contributed by atoms with Crippen molar-refractivity contribution in [2.24, 2.45) is 0 Å². The highest BCUT2D eigenvalue weighted by atomic mass is 32.1. The summed E-state index contributed by atoms with van der Waals surface area (Å²) in [6.07, 6.45) is 4.75. The van der Waals surface area contributed by atoms with E-state index in [0.29, 0.717) is 10.1 Å². The highest BCUT2D eigenvalue weighted by Gasteiger charge is 2.27. The first-order valence-corrected chi connectivity index (χ1v) is 8.30. The molecule has 3 heterocycles. The van der Waals surface area contributed by atoms with Crippen molar-refractivity contribution in [1.29, 1.82) is 0 Å². The molecule has 2 aromatic heterocycles. The average Bonchev–Trinajstić information content (AvgIpc) is 2.91. The second-order valence-corrected chi connectivity index (χ2v) is 6.58. The minimum absolute atomic E-state index is 0.0757. The molecule has 0 bridgehead atoms. The first-order chi connectivity index (χ1) is 10.6. The summed E-state index contributed by atoms with van der Waals surface area (Å²) in [7, 11) is 0. The van der Waals surface area contributed by atoms with E-state index in [1.165, 1.54) is 34.5 Å². The van der Waals surface area contributed by atoms with Crippen LogP contribution in [0.25, 0.3) is 4.96 Å². The van der Waals surface area contributed by atoms with Crippen molar-refractivity contribution in [1.82, 2.24) is 19.5 Å². The normalized spacial score (nSPS) is 20.1. The van der Waals surface area contributed by atoms with Crippen LogP contribution in [0.4, 0.5) is 5.13 Å². The van der Waals surface area contributed by atoms with Crippen LogP contribution in [0.2, 0.25) is 0 Å². The van der Waals surface area contributed by atoms with Gasteiger partial charge in [0, 0.05) is 24.8 Å². The summed E-state index contributed by atoms with van der Waals surface area (Å²) in [6.45, 7) is 4.73. The Morgan fingerprint density at radius 2 is 2.32 bits per heavy atom. The number of aromatic nitrogens is 3. The molecular weight excluding hydrogens is 302 g/mol. The Kier molecular flexibility index (Phi) is 4.10. The highest BCUT2D eigenvalue weighted by Crippen LogP contribution is 2.20. The number of anilines is 1. The molecule has 118 valence electrons. The third kappa shape index (κ3) is 2.83. The monoisotopic (exact) mass is 321 g/mol. The minimum Gasteiger partial charge on any atom is -0.349 e. The van der Waals surface area contributed by atoms with Crippen LogP contribution >= 0.6 is 11.3 Å². The molecule has 3 rings (SSSR count). The standard InChI is InChI=1S/C14H19N5O2S/c1-9-5-3-4-8-18(9)12(21)10(2)16-13-17-19-11(20)6-7-15-14(19)22-13/h6-7,9-10H,3-5,8H2,1-2H3,(H,16,17). The number of nitrogens with one attached hydrogen (secondary N) is 1. The maximum atomic E-state index is 12.6. The number of hydrogen-bond donors (Lipinski definition) is 1. The first-order valence-electron chi connectivity index (χ1n) is 7.48. The average molecular weight is 321 g/mol. The highest BCUT2D eigenvalue weighted by molar-refractivity contribution is 7.20. The molecule has 2 unspecified atom stereocenters. The van der Waals surface area contributed by atoms with E-state index in [2.05, 4.69) is 22.3 Å². The van der Waals surface area contributed by atoms with Gasteiger partial charge in [0.05, 0.1) is 0 Å². The summed E-state index contributed by atoms with van der Waals surface area (Å²) >= 11 is 1.26. The molecule has 22 heavy (non-hydrogen) atoms. The lowest BCUT2D eigenvalue weighted by Gasteiger charge is -2.35. The van der Waals surface area contributed by atoms with Gasteiger partial charge < -0.3 is 10.2 Å². The Bertz CT molecular complexity index is 740. The van der Waals surface area contributed by atoms with E-state index in [1.807, 2.05) is 11.8 Å².